The molecule has 0 N–H and O–H groups in total. The topological polar surface area (TPSA) is 22.0 Å². The van der Waals surface area contributed by atoms with Crippen LogP contribution in [0.3, 0.4) is 0 Å². The maximum absolute atomic E-state index is 11.1. The lowest BCUT2D eigenvalue weighted by Gasteiger charge is -2.05. The second-order valence-electron chi connectivity index (χ2n) is 4.48. The van der Waals surface area contributed by atoms with E-state index in [1.54, 1.807) is 0 Å². The van der Waals surface area contributed by atoms with Gasteiger partial charge in [0.25, 0.3) is 0 Å². The van der Waals surface area contributed by atoms with Gasteiger partial charge in [-0.05, 0) is 17.7 Å². The number of halogens is 1. The zero-order valence-corrected chi connectivity index (χ0v) is 11.0. The smallest absolute Gasteiger partial charge is 0.152 e. The highest BCUT2D eigenvalue weighted by molar-refractivity contribution is 6.31. The van der Waals surface area contributed by atoms with E-state index < -0.39 is 0 Å². The highest BCUT2D eigenvalue weighted by Gasteiger charge is 2.08. The lowest BCUT2D eigenvalue weighted by Crippen LogP contribution is -1.97. The van der Waals surface area contributed by atoms with E-state index in [2.05, 4.69) is 16.7 Å². The van der Waals surface area contributed by atoms with Crippen molar-refractivity contribution >= 4 is 28.8 Å². The zero-order valence-electron chi connectivity index (χ0n) is 10.2. The highest BCUT2D eigenvalue weighted by Crippen LogP contribution is 2.24. The molecule has 0 saturated heterocycles. The van der Waals surface area contributed by atoms with Crippen LogP contribution in [0.4, 0.5) is 0 Å². The Bertz CT molecular complexity index is 731. The molecule has 0 atom stereocenters. The first-order chi connectivity index (χ1) is 9.28. The molecule has 0 radical (unpaired) electrons. The molecule has 1 heterocycles. The van der Waals surface area contributed by atoms with Crippen molar-refractivity contribution in [1.82, 2.24) is 4.57 Å². The van der Waals surface area contributed by atoms with Crippen LogP contribution in [-0.2, 0) is 6.54 Å². The molecule has 19 heavy (non-hydrogen) atoms. The van der Waals surface area contributed by atoms with E-state index in [-0.39, 0.29) is 0 Å². The molecule has 0 aliphatic carbocycles. The molecule has 0 aliphatic rings. The minimum Gasteiger partial charge on any atom is -0.342 e. The number of hydrogen-bond acceptors (Lipinski definition) is 1. The number of hydrogen-bond donors (Lipinski definition) is 0. The summed E-state index contributed by atoms with van der Waals surface area (Å²) in [6, 6.07) is 15.7. The molecule has 0 bridgehead atoms. The van der Waals surface area contributed by atoms with Crippen LogP contribution in [0.25, 0.3) is 10.9 Å². The Morgan fingerprint density at radius 2 is 1.89 bits per heavy atom. The molecule has 0 unspecified atom stereocenters. The zero-order chi connectivity index (χ0) is 13.2. The predicted molar refractivity (Wildman–Crippen MR) is 77.9 cm³/mol. The molecule has 0 spiro atoms. The number of nitrogens with zero attached hydrogens (tertiary/aromatic N) is 1. The van der Waals surface area contributed by atoms with Crippen LogP contribution in [-0.4, -0.2) is 10.9 Å². The van der Waals surface area contributed by atoms with E-state index in [1.807, 2.05) is 42.6 Å². The van der Waals surface area contributed by atoms with Crippen molar-refractivity contribution in [2.24, 2.45) is 0 Å². The van der Waals surface area contributed by atoms with E-state index in [0.717, 1.165) is 23.7 Å². The van der Waals surface area contributed by atoms with Crippen LogP contribution in [0.2, 0.25) is 5.02 Å². The summed E-state index contributed by atoms with van der Waals surface area (Å²) >= 11 is 6.04. The molecule has 0 fully saturated rings. The van der Waals surface area contributed by atoms with Gasteiger partial charge in [0.1, 0.15) is 0 Å². The van der Waals surface area contributed by atoms with Gasteiger partial charge in [0.15, 0.2) is 6.29 Å². The highest BCUT2D eigenvalue weighted by atomic mass is 35.5. The first-order valence-corrected chi connectivity index (χ1v) is 6.43. The summed E-state index contributed by atoms with van der Waals surface area (Å²) in [6.45, 7) is 0.728. The SMILES string of the molecule is O=Cc1cn(Cc2ccccc2)c2cc(Cl)ccc12. The van der Waals surface area contributed by atoms with Gasteiger partial charge in [-0.3, -0.25) is 4.79 Å². The van der Waals surface area contributed by atoms with Gasteiger partial charge in [0, 0.05) is 28.7 Å². The summed E-state index contributed by atoms with van der Waals surface area (Å²) in [6.07, 6.45) is 2.76. The van der Waals surface area contributed by atoms with Crippen LogP contribution < -0.4 is 0 Å². The first-order valence-electron chi connectivity index (χ1n) is 6.05. The standard InChI is InChI=1S/C16H12ClNO/c17-14-6-7-15-13(11-19)10-18(16(15)8-14)9-12-4-2-1-3-5-12/h1-8,10-11H,9H2. The van der Waals surface area contributed by atoms with E-state index in [1.165, 1.54) is 5.56 Å². The van der Waals surface area contributed by atoms with E-state index in [4.69, 9.17) is 11.6 Å². The Morgan fingerprint density at radius 3 is 2.63 bits per heavy atom. The van der Waals surface area contributed by atoms with Gasteiger partial charge >= 0.3 is 0 Å². The van der Waals surface area contributed by atoms with Gasteiger partial charge < -0.3 is 4.57 Å². The van der Waals surface area contributed by atoms with Gasteiger partial charge in [0.2, 0.25) is 0 Å². The Balaban J connectivity index is 2.13. The Morgan fingerprint density at radius 1 is 1.11 bits per heavy atom. The molecule has 3 aromatic rings. The van der Waals surface area contributed by atoms with Crippen LogP contribution in [0.1, 0.15) is 15.9 Å². The van der Waals surface area contributed by atoms with Crippen LogP contribution in [0.15, 0.2) is 54.7 Å². The van der Waals surface area contributed by atoms with Gasteiger partial charge in [0.05, 0.1) is 5.52 Å². The number of rotatable bonds is 3. The fourth-order valence-corrected chi connectivity index (χ4v) is 2.46. The van der Waals surface area contributed by atoms with Crippen LogP contribution >= 0.6 is 11.6 Å². The van der Waals surface area contributed by atoms with Gasteiger partial charge in [-0.15, -0.1) is 0 Å². The lowest BCUT2D eigenvalue weighted by atomic mass is 10.2. The van der Waals surface area contributed by atoms with Gasteiger partial charge in [-0.25, -0.2) is 0 Å². The molecule has 2 nitrogen and oxygen atoms in total. The largest absolute Gasteiger partial charge is 0.342 e. The van der Waals surface area contributed by atoms with E-state index in [9.17, 15) is 4.79 Å². The molecule has 0 saturated carbocycles. The Kier molecular flexibility index (Phi) is 3.10. The Labute approximate surface area is 116 Å². The molecule has 1 aromatic heterocycles. The molecule has 2 aromatic carbocycles. The van der Waals surface area contributed by atoms with Crippen LogP contribution in [0.5, 0.6) is 0 Å². The minimum absolute atomic E-state index is 0.678. The third-order valence-electron chi connectivity index (χ3n) is 3.20. The van der Waals surface area contributed by atoms with E-state index in [0.29, 0.717) is 10.6 Å². The van der Waals surface area contributed by atoms with Crippen molar-refractivity contribution in [2.45, 2.75) is 6.54 Å². The molecule has 3 rings (SSSR count). The lowest BCUT2D eigenvalue weighted by molar-refractivity contribution is 0.112. The fraction of sp³-hybridized carbons (Fsp3) is 0.0625. The quantitative estimate of drug-likeness (QED) is 0.655. The molecular weight excluding hydrogens is 258 g/mol. The molecule has 3 heteroatoms. The number of benzene rings is 2. The summed E-state index contributed by atoms with van der Waals surface area (Å²) in [5.74, 6) is 0. The van der Waals surface area contributed by atoms with Crippen molar-refractivity contribution in [3.63, 3.8) is 0 Å². The second-order valence-corrected chi connectivity index (χ2v) is 4.91. The molecule has 0 amide bonds. The van der Waals surface area contributed by atoms with Crippen LogP contribution in [0, 0.1) is 0 Å². The van der Waals surface area contributed by atoms with Crippen molar-refractivity contribution in [3.05, 3.63) is 70.9 Å². The number of fused-ring (bicyclic) bond motifs is 1. The van der Waals surface area contributed by atoms with Crippen molar-refractivity contribution < 1.29 is 4.79 Å². The van der Waals surface area contributed by atoms with Gasteiger partial charge in [-0.1, -0.05) is 48.0 Å². The molecule has 0 aliphatic heterocycles. The monoisotopic (exact) mass is 269 g/mol. The Hall–Kier alpha value is -2.06. The average Bonchev–Trinajstić information content (AvgIpc) is 2.77. The van der Waals surface area contributed by atoms with Crippen molar-refractivity contribution in [2.75, 3.05) is 0 Å². The third-order valence-corrected chi connectivity index (χ3v) is 3.43. The third kappa shape index (κ3) is 2.27. The number of aldehydes is 1. The summed E-state index contributed by atoms with van der Waals surface area (Å²) < 4.78 is 2.06. The fourth-order valence-electron chi connectivity index (χ4n) is 2.30. The summed E-state index contributed by atoms with van der Waals surface area (Å²) in [5.41, 5.74) is 2.87. The first kappa shape index (κ1) is 12.0. The van der Waals surface area contributed by atoms with Crippen molar-refractivity contribution in [1.29, 1.82) is 0 Å². The average molecular weight is 270 g/mol. The second kappa shape index (κ2) is 4.90. The maximum Gasteiger partial charge on any atom is 0.152 e. The molecular formula is C16H12ClNO. The maximum atomic E-state index is 11.1. The summed E-state index contributed by atoms with van der Waals surface area (Å²) in [4.78, 5) is 11.1. The minimum atomic E-state index is 0.678. The van der Waals surface area contributed by atoms with Crippen molar-refractivity contribution in [3.8, 4) is 0 Å². The molecule has 94 valence electrons. The summed E-state index contributed by atoms with van der Waals surface area (Å²) in [7, 11) is 0. The van der Waals surface area contributed by atoms with E-state index >= 15 is 0 Å². The number of carbonyl (C=O) groups is 1. The van der Waals surface area contributed by atoms with Gasteiger partial charge in [-0.2, -0.15) is 0 Å². The number of aromatic nitrogens is 1. The normalized spacial score (nSPS) is 10.8. The predicted octanol–water partition coefficient (Wildman–Crippen LogP) is 4.16. The number of carbonyl (C=O) groups excluding carboxylic acids is 1. The summed E-state index contributed by atoms with van der Waals surface area (Å²) in [5, 5.41) is 1.62.